The van der Waals surface area contributed by atoms with E-state index in [-0.39, 0.29) is 5.91 Å². The molecule has 5 heteroatoms. The Morgan fingerprint density at radius 2 is 1.68 bits per heavy atom. The van der Waals surface area contributed by atoms with Gasteiger partial charge in [0.15, 0.2) is 0 Å². The van der Waals surface area contributed by atoms with Crippen LogP contribution in [0.25, 0.3) is 0 Å². The van der Waals surface area contributed by atoms with Crippen LogP contribution in [0.5, 0.6) is 5.75 Å². The van der Waals surface area contributed by atoms with Crippen LogP contribution in [0.1, 0.15) is 87.4 Å². The van der Waals surface area contributed by atoms with Crippen LogP contribution in [0.3, 0.4) is 0 Å². The van der Waals surface area contributed by atoms with Crippen LogP contribution in [-0.4, -0.2) is 72.5 Å². The highest BCUT2D eigenvalue weighted by atomic mass is 16.5. The van der Waals surface area contributed by atoms with Gasteiger partial charge in [-0.25, -0.2) is 0 Å². The largest absolute Gasteiger partial charge is 0.493 e. The van der Waals surface area contributed by atoms with E-state index in [2.05, 4.69) is 74.8 Å². The van der Waals surface area contributed by atoms with Crippen molar-refractivity contribution in [3.05, 3.63) is 64.7 Å². The van der Waals surface area contributed by atoms with Crippen LogP contribution < -0.4 is 4.74 Å². The predicted molar refractivity (Wildman–Crippen MR) is 157 cm³/mol. The zero-order valence-corrected chi connectivity index (χ0v) is 24.5. The number of hydrogen-bond acceptors (Lipinski definition) is 4. The van der Waals surface area contributed by atoms with Crippen molar-refractivity contribution in [1.82, 2.24) is 14.7 Å². The average Bonchev–Trinajstić information content (AvgIpc) is 2.88. The molecule has 0 saturated carbocycles. The lowest BCUT2D eigenvalue weighted by Crippen LogP contribution is -2.50. The number of carbonyl (C=O) groups excluding carboxylic acids is 1. The van der Waals surface area contributed by atoms with Crippen molar-refractivity contribution in [2.45, 2.75) is 79.3 Å². The molecule has 1 fully saturated rings. The van der Waals surface area contributed by atoms with Gasteiger partial charge in [-0.3, -0.25) is 14.6 Å². The SMILES string of the molecule is CC(C)N1CCN(C(=O)c2ccc3c(c2)Cc2cccc(c2)CN(CCC(C)(C)C)CCCCCO3)CC1. The number of fused-ring (bicyclic) bond motifs is 3. The summed E-state index contributed by atoms with van der Waals surface area (Å²) in [7, 11) is 0. The Kier molecular flexibility index (Phi) is 9.89. The van der Waals surface area contributed by atoms with E-state index in [0.717, 1.165) is 82.1 Å². The van der Waals surface area contributed by atoms with E-state index >= 15 is 0 Å². The molecule has 2 bridgehead atoms. The van der Waals surface area contributed by atoms with Gasteiger partial charge >= 0.3 is 0 Å². The Hall–Kier alpha value is -2.37. The maximum atomic E-state index is 13.4. The van der Waals surface area contributed by atoms with Gasteiger partial charge in [-0.2, -0.15) is 0 Å². The highest BCUT2D eigenvalue weighted by Gasteiger charge is 2.24. The molecule has 2 aliphatic rings. The number of benzene rings is 2. The molecule has 0 aromatic heterocycles. The Morgan fingerprint density at radius 1 is 0.921 bits per heavy atom. The van der Waals surface area contributed by atoms with E-state index in [9.17, 15) is 4.79 Å². The first-order chi connectivity index (χ1) is 18.2. The monoisotopic (exact) mass is 519 g/mol. The molecule has 1 saturated heterocycles. The summed E-state index contributed by atoms with van der Waals surface area (Å²) in [6.07, 6.45) is 5.39. The fourth-order valence-electron chi connectivity index (χ4n) is 5.49. The van der Waals surface area contributed by atoms with Crippen molar-refractivity contribution >= 4 is 5.91 Å². The van der Waals surface area contributed by atoms with Crippen LogP contribution in [-0.2, 0) is 13.0 Å². The molecule has 4 rings (SSSR count). The normalized spacial score (nSPS) is 18.5. The lowest BCUT2D eigenvalue weighted by molar-refractivity contribution is 0.0595. The molecule has 0 unspecified atom stereocenters. The molecule has 5 nitrogen and oxygen atoms in total. The minimum atomic E-state index is 0.138. The molecule has 0 aliphatic carbocycles. The summed E-state index contributed by atoms with van der Waals surface area (Å²) in [5, 5.41) is 0. The summed E-state index contributed by atoms with van der Waals surface area (Å²) in [5.41, 5.74) is 4.86. The number of hydrogen-bond donors (Lipinski definition) is 0. The molecule has 1 amide bonds. The fourth-order valence-corrected chi connectivity index (χ4v) is 5.49. The molecule has 2 aromatic rings. The van der Waals surface area contributed by atoms with E-state index < -0.39 is 0 Å². The molecule has 0 spiro atoms. The van der Waals surface area contributed by atoms with Gasteiger partial charge in [-0.15, -0.1) is 0 Å². The Labute approximate surface area is 231 Å². The molecule has 0 atom stereocenters. The molecular weight excluding hydrogens is 470 g/mol. The highest BCUT2D eigenvalue weighted by molar-refractivity contribution is 5.94. The number of amides is 1. The maximum absolute atomic E-state index is 13.4. The maximum Gasteiger partial charge on any atom is 0.253 e. The Morgan fingerprint density at radius 3 is 2.42 bits per heavy atom. The molecule has 38 heavy (non-hydrogen) atoms. The molecule has 2 aliphatic heterocycles. The summed E-state index contributed by atoms with van der Waals surface area (Å²) in [4.78, 5) is 20.5. The smallest absolute Gasteiger partial charge is 0.253 e. The van der Waals surface area contributed by atoms with Crippen molar-refractivity contribution in [3.63, 3.8) is 0 Å². The third kappa shape index (κ3) is 8.31. The lowest BCUT2D eigenvalue weighted by atomic mass is 9.92. The number of carbonyl (C=O) groups is 1. The summed E-state index contributed by atoms with van der Waals surface area (Å²) in [6, 6.07) is 15.6. The number of rotatable bonds is 4. The zero-order valence-electron chi connectivity index (χ0n) is 24.5. The number of ether oxygens (including phenoxy) is 1. The lowest BCUT2D eigenvalue weighted by Gasteiger charge is -2.37. The number of piperazine rings is 1. The molecular formula is C33H49N3O2. The first kappa shape index (κ1) is 28.6. The quantitative estimate of drug-likeness (QED) is 0.479. The van der Waals surface area contributed by atoms with Gasteiger partial charge in [-0.05, 0) is 92.9 Å². The zero-order chi connectivity index (χ0) is 27.1. The first-order valence-electron chi connectivity index (χ1n) is 14.8. The Bertz CT molecular complexity index is 1050. The standard InChI is InChI=1S/C33H49N3O2/c1-26(2)35-17-19-36(20-18-35)32(37)29-12-13-31-30(24-29)23-27-10-9-11-28(22-27)25-34(16-14-33(3,4)5)15-7-6-8-21-38-31/h9-13,22,24,26H,6-8,14-21,23,25H2,1-5H3. The minimum absolute atomic E-state index is 0.138. The van der Waals surface area contributed by atoms with Gasteiger partial charge in [0.25, 0.3) is 5.91 Å². The van der Waals surface area contributed by atoms with Crippen LogP contribution in [0, 0.1) is 5.41 Å². The van der Waals surface area contributed by atoms with Gasteiger partial charge in [0.2, 0.25) is 0 Å². The topological polar surface area (TPSA) is 36.0 Å². The van der Waals surface area contributed by atoms with Gasteiger partial charge < -0.3 is 9.64 Å². The van der Waals surface area contributed by atoms with Crippen molar-refractivity contribution in [2.24, 2.45) is 5.41 Å². The third-order valence-electron chi connectivity index (χ3n) is 7.99. The second-order valence-electron chi connectivity index (χ2n) is 12.7. The number of nitrogens with zero attached hydrogens (tertiary/aromatic N) is 3. The van der Waals surface area contributed by atoms with Crippen LogP contribution in [0.4, 0.5) is 0 Å². The third-order valence-corrected chi connectivity index (χ3v) is 7.99. The molecule has 0 N–H and O–H groups in total. The van der Waals surface area contributed by atoms with E-state index in [1.807, 2.05) is 17.0 Å². The van der Waals surface area contributed by atoms with E-state index in [1.54, 1.807) is 0 Å². The van der Waals surface area contributed by atoms with Crippen molar-refractivity contribution < 1.29 is 9.53 Å². The summed E-state index contributed by atoms with van der Waals surface area (Å²) in [5.74, 6) is 1.05. The fraction of sp³-hybridized carbons (Fsp3) is 0.606. The van der Waals surface area contributed by atoms with Gasteiger partial charge in [0.1, 0.15) is 5.75 Å². The first-order valence-corrected chi connectivity index (χ1v) is 14.8. The van der Waals surface area contributed by atoms with E-state index in [1.165, 1.54) is 30.4 Å². The molecule has 2 heterocycles. The van der Waals surface area contributed by atoms with E-state index in [4.69, 9.17) is 4.74 Å². The van der Waals surface area contributed by atoms with Crippen LogP contribution in [0.15, 0.2) is 42.5 Å². The minimum Gasteiger partial charge on any atom is -0.493 e. The Balaban J connectivity index is 1.52. The van der Waals surface area contributed by atoms with Crippen molar-refractivity contribution in [2.75, 3.05) is 45.9 Å². The second kappa shape index (κ2) is 13.1. The summed E-state index contributed by atoms with van der Waals surface area (Å²) < 4.78 is 6.30. The van der Waals surface area contributed by atoms with E-state index in [0.29, 0.717) is 11.5 Å². The predicted octanol–water partition coefficient (Wildman–Crippen LogP) is 6.24. The van der Waals surface area contributed by atoms with Crippen LogP contribution >= 0.6 is 0 Å². The highest BCUT2D eigenvalue weighted by Crippen LogP contribution is 2.26. The summed E-state index contributed by atoms with van der Waals surface area (Å²) >= 11 is 0. The van der Waals surface area contributed by atoms with Crippen molar-refractivity contribution in [1.29, 1.82) is 0 Å². The molecule has 0 radical (unpaired) electrons. The van der Waals surface area contributed by atoms with Gasteiger partial charge in [0, 0.05) is 50.7 Å². The molecule has 208 valence electrons. The summed E-state index contributed by atoms with van der Waals surface area (Å²) in [6.45, 7) is 18.9. The second-order valence-corrected chi connectivity index (χ2v) is 12.7. The van der Waals surface area contributed by atoms with Gasteiger partial charge in [0.05, 0.1) is 6.61 Å². The van der Waals surface area contributed by atoms with Gasteiger partial charge in [-0.1, -0.05) is 45.0 Å². The van der Waals surface area contributed by atoms with Crippen LogP contribution in [0.2, 0.25) is 0 Å². The van der Waals surface area contributed by atoms with Crippen molar-refractivity contribution in [3.8, 4) is 5.75 Å². The molecule has 2 aromatic carbocycles. The average molecular weight is 520 g/mol.